The summed E-state index contributed by atoms with van der Waals surface area (Å²) in [5.41, 5.74) is 4.04. The fourth-order valence-electron chi connectivity index (χ4n) is 3.10. The van der Waals surface area contributed by atoms with Crippen molar-refractivity contribution in [2.75, 3.05) is 0 Å². The Hall–Kier alpha value is -3.81. The van der Waals surface area contributed by atoms with Crippen molar-refractivity contribution in [1.29, 1.82) is 5.26 Å². The molecule has 31 heavy (non-hydrogen) atoms. The van der Waals surface area contributed by atoms with Crippen LogP contribution in [-0.2, 0) is 13.2 Å². The van der Waals surface area contributed by atoms with Crippen molar-refractivity contribution in [3.8, 4) is 29.0 Å². The summed E-state index contributed by atoms with van der Waals surface area (Å²) >= 11 is 6.22. The maximum atomic E-state index is 9.30. The van der Waals surface area contributed by atoms with E-state index >= 15 is 0 Å². The Labute approximate surface area is 186 Å². The quantitative estimate of drug-likeness (QED) is 0.341. The van der Waals surface area contributed by atoms with Crippen molar-refractivity contribution in [3.63, 3.8) is 0 Å². The minimum absolute atomic E-state index is 0.356. The largest absolute Gasteiger partial charge is 0.473 e. The molecule has 0 aliphatic rings. The lowest BCUT2D eigenvalue weighted by atomic mass is 10.0. The molecular weight excluding hydrogens is 408 g/mol. The van der Waals surface area contributed by atoms with Gasteiger partial charge in [0.25, 0.3) is 0 Å². The van der Waals surface area contributed by atoms with Crippen LogP contribution in [0.15, 0.2) is 91.0 Å². The van der Waals surface area contributed by atoms with E-state index in [1.165, 1.54) is 0 Å². The summed E-state index contributed by atoms with van der Waals surface area (Å²) in [7, 11) is 0. The number of benzene rings is 3. The molecule has 4 aromatic rings. The van der Waals surface area contributed by atoms with Gasteiger partial charge in [-0.3, -0.25) is 0 Å². The Morgan fingerprint density at radius 1 is 0.774 bits per heavy atom. The molecule has 0 bridgehead atoms. The lowest BCUT2D eigenvalue weighted by Gasteiger charge is -2.14. The van der Waals surface area contributed by atoms with Gasteiger partial charge in [0.1, 0.15) is 13.2 Å². The first kappa shape index (κ1) is 20.5. The molecule has 0 atom stereocenters. The van der Waals surface area contributed by atoms with Crippen LogP contribution in [0.5, 0.6) is 11.8 Å². The van der Waals surface area contributed by atoms with Crippen molar-refractivity contribution in [2.45, 2.75) is 13.2 Å². The molecule has 1 heterocycles. The highest BCUT2D eigenvalue weighted by molar-refractivity contribution is 6.31. The normalized spacial score (nSPS) is 10.3. The molecule has 0 aliphatic carbocycles. The van der Waals surface area contributed by atoms with Crippen LogP contribution >= 0.6 is 11.6 Å². The highest BCUT2D eigenvalue weighted by Crippen LogP contribution is 2.33. The van der Waals surface area contributed by atoms with Crippen molar-refractivity contribution in [2.24, 2.45) is 0 Å². The van der Waals surface area contributed by atoms with E-state index in [2.05, 4.69) is 11.1 Å². The lowest BCUT2D eigenvalue weighted by molar-refractivity contribution is 0.268. The van der Waals surface area contributed by atoms with Gasteiger partial charge in [0.15, 0.2) is 0 Å². The van der Waals surface area contributed by atoms with E-state index in [4.69, 9.17) is 21.1 Å². The first-order chi connectivity index (χ1) is 15.2. The van der Waals surface area contributed by atoms with Gasteiger partial charge in [0.05, 0.1) is 11.6 Å². The number of hydrogen-bond acceptors (Lipinski definition) is 4. The maximum Gasteiger partial charge on any atom is 0.225 e. The molecule has 0 spiro atoms. The first-order valence-electron chi connectivity index (χ1n) is 9.77. The molecule has 4 nitrogen and oxygen atoms in total. The Bertz CT molecular complexity index is 1210. The third-order valence-electron chi connectivity index (χ3n) is 4.62. The van der Waals surface area contributed by atoms with E-state index < -0.39 is 0 Å². The summed E-state index contributed by atoms with van der Waals surface area (Å²) in [6.45, 7) is 0.760. The number of hydrogen-bond donors (Lipinski definition) is 0. The highest BCUT2D eigenvalue weighted by atomic mass is 35.5. The number of halogens is 1. The van der Waals surface area contributed by atoms with Crippen molar-refractivity contribution >= 4 is 11.6 Å². The molecule has 5 heteroatoms. The number of ether oxygens (including phenoxy) is 2. The number of nitriles is 1. The molecule has 0 fully saturated rings. The van der Waals surface area contributed by atoms with E-state index in [1.54, 1.807) is 24.3 Å². The van der Waals surface area contributed by atoms with Crippen LogP contribution in [0.3, 0.4) is 0 Å². The molecular formula is C26H19ClN2O2. The van der Waals surface area contributed by atoms with Crippen LogP contribution < -0.4 is 9.47 Å². The summed E-state index contributed by atoms with van der Waals surface area (Å²) in [6.07, 6.45) is 0. The van der Waals surface area contributed by atoms with Gasteiger partial charge >= 0.3 is 0 Å². The van der Waals surface area contributed by atoms with Crippen LogP contribution in [0.2, 0.25) is 5.02 Å². The third-order valence-corrected chi connectivity index (χ3v) is 4.84. The molecule has 0 unspecified atom stereocenters. The molecule has 1 aromatic heterocycles. The second-order valence-corrected chi connectivity index (χ2v) is 7.33. The molecule has 0 saturated carbocycles. The third kappa shape index (κ3) is 5.42. The molecule has 0 aliphatic heterocycles. The van der Waals surface area contributed by atoms with Gasteiger partial charge in [0.2, 0.25) is 11.8 Å². The lowest BCUT2D eigenvalue weighted by Crippen LogP contribution is -2.02. The van der Waals surface area contributed by atoms with Gasteiger partial charge < -0.3 is 9.47 Å². The molecule has 0 N–H and O–H groups in total. The second-order valence-electron chi connectivity index (χ2n) is 6.89. The second kappa shape index (κ2) is 9.80. The van der Waals surface area contributed by atoms with E-state index in [-0.39, 0.29) is 0 Å². The van der Waals surface area contributed by atoms with E-state index in [1.807, 2.05) is 66.7 Å². The Morgan fingerprint density at radius 3 is 2.06 bits per heavy atom. The minimum atomic E-state index is 0.356. The zero-order valence-electron chi connectivity index (χ0n) is 16.7. The fraction of sp³-hybridized carbons (Fsp3) is 0.0769. The van der Waals surface area contributed by atoms with E-state index in [0.29, 0.717) is 35.6 Å². The highest BCUT2D eigenvalue weighted by Gasteiger charge is 2.13. The molecule has 0 amide bonds. The van der Waals surface area contributed by atoms with Crippen LogP contribution in [0.25, 0.3) is 11.1 Å². The van der Waals surface area contributed by atoms with Gasteiger partial charge in [-0.1, -0.05) is 72.3 Å². The molecule has 152 valence electrons. The minimum Gasteiger partial charge on any atom is -0.473 e. The number of rotatable bonds is 7. The summed E-state index contributed by atoms with van der Waals surface area (Å²) < 4.78 is 11.9. The molecule has 0 radical (unpaired) electrons. The monoisotopic (exact) mass is 426 g/mol. The number of pyridine rings is 1. The zero-order valence-corrected chi connectivity index (χ0v) is 17.4. The molecule has 3 aromatic carbocycles. The topological polar surface area (TPSA) is 55.1 Å². The predicted molar refractivity (Wildman–Crippen MR) is 121 cm³/mol. The van der Waals surface area contributed by atoms with Crippen molar-refractivity contribution < 1.29 is 9.47 Å². The van der Waals surface area contributed by atoms with Crippen LogP contribution in [0, 0.1) is 11.3 Å². The van der Waals surface area contributed by atoms with Crippen LogP contribution in [-0.4, -0.2) is 4.98 Å². The van der Waals surface area contributed by atoms with Crippen LogP contribution in [0.4, 0.5) is 0 Å². The average Bonchev–Trinajstić information content (AvgIpc) is 2.82. The fourth-order valence-corrected chi connectivity index (χ4v) is 3.34. The summed E-state index contributed by atoms with van der Waals surface area (Å²) in [4.78, 5) is 4.59. The van der Waals surface area contributed by atoms with E-state index in [9.17, 15) is 5.26 Å². The Balaban J connectivity index is 1.64. The van der Waals surface area contributed by atoms with Gasteiger partial charge in [-0.05, 0) is 41.0 Å². The number of aromatic nitrogens is 1. The summed E-state index contributed by atoms with van der Waals surface area (Å²) in [5.74, 6) is 0.874. The van der Waals surface area contributed by atoms with Crippen LogP contribution in [0.1, 0.15) is 16.7 Å². The zero-order chi connectivity index (χ0) is 21.5. The average molecular weight is 427 g/mol. The van der Waals surface area contributed by atoms with Crippen molar-refractivity contribution in [1.82, 2.24) is 4.98 Å². The van der Waals surface area contributed by atoms with Gasteiger partial charge in [-0.2, -0.15) is 10.2 Å². The van der Waals surface area contributed by atoms with Gasteiger partial charge in [0, 0.05) is 16.7 Å². The summed E-state index contributed by atoms with van der Waals surface area (Å²) in [5, 5.41) is 9.78. The number of nitrogens with zero attached hydrogens (tertiary/aromatic N) is 2. The SMILES string of the molecule is N#Cc1cc(Cl)cc(-c2ccc(OCc3ccccc3)nc2OCc2ccccc2)c1. The van der Waals surface area contributed by atoms with E-state index in [0.717, 1.165) is 22.3 Å². The Kier molecular flexibility index (Phi) is 6.47. The maximum absolute atomic E-state index is 9.30. The van der Waals surface area contributed by atoms with Crippen molar-refractivity contribution in [3.05, 3.63) is 113 Å². The first-order valence-corrected chi connectivity index (χ1v) is 10.1. The van der Waals surface area contributed by atoms with Gasteiger partial charge in [-0.25, -0.2) is 0 Å². The molecule has 0 saturated heterocycles. The van der Waals surface area contributed by atoms with Gasteiger partial charge in [-0.15, -0.1) is 0 Å². The Morgan fingerprint density at radius 2 is 1.42 bits per heavy atom. The standard InChI is InChI=1S/C26H19ClN2O2/c27-23-14-21(16-28)13-22(15-23)24-11-12-25(30-17-19-7-3-1-4-8-19)29-26(24)31-18-20-9-5-2-6-10-20/h1-15H,17-18H2. The predicted octanol–water partition coefficient (Wildman–Crippen LogP) is 6.43. The smallest absolute Gasteiger partial charge is 0.225 e. The molecule has 4 rings (SSSR count). The summed E-state index contributed by atoms with van der Waals surface area (Å²) in [6, 6.07) is 30.7.